The Labute approximate surface area is 187 Å². The Morgan fingerprint density at radius 1 is 0.750 bits per heavy atom. The summed E-state index contributed by atoms with van der Waals surface area (Å²) in [5.41, 5.74) is 1.66. The van der Waals surface area contributed by atoms with Crippen molar-refractivity contribution in [2.45, 2.75) is 51.9 Å². The van der Waals surface area contributed by atoms with E-state index in [1.165, 1.54) is 13.8 Å². The van der Waals surface area contributed by atoms with Gasteiger partial charge in [-0.2, -0.15) is 0 Å². The minimum atomic E-state index is -0.936. The lowest BCUT2D eigenvalue weighted by Gasteiger charge is -2.22. The summed E-state index contributed by atoms with van der Waals surface area (Å²) in [4.78, 5) is 48.9. The summed E-state index contributed by atoms with van der Waals surface area (Å²) in [6.07, 6.45) is -0.514. The molecule has 32 heavy (non-hydrogen) atoms. The maximum atomic E-state index is 12.7. The molecule has 2 rings (SSSR count). The summed E-state index contributed by atoms with van der Waals surface area (Å²) < 4.78 is 5.13. The average molecular weight is 440 g/mol. The van der Waals surface area contributed by atoms with Gasteiger partial charge in [0.1, 0.15) is 18.7 Å². The molecule has 0 spiro atoms. The number of hydrogen-bond donors (Lipinski definition) is 3. The van der Waals surface area contributed by atoms with Crippen LogP contribution in [0.2, 0.25) is 0 Å². The van der Waals surface area contributed by atoms with Gasteiger partial charge >= 0.3 is 6.09 Å². The highest BCUT2D eigenvalue weighted by Gasteiger charge is 2.26. The SMILES string of the molecule is CC(=O)[C@H](C)NC(=O)[C@H](Cc1ccccc1)NC(=O)[C@H](C)NC(=O)OCc1ccccc1. The lowest BCUT2D eigenvalue weighted by molar-refractivity contribution is -0.131. The summed E-state index contributed by atoms with van der Waals surface area (Å²) in [7, 11) is 0. The maximum Gasteiger partial charge on any atom is 0.408 e. The van der Waals surface area contributed by atoms with Crippen molar-refractivity contribution in [2.24, 2.45) is 0 Å². The predicted octanol–water partition coefficient (Wildman–Crippen LogP) is 2.12. The van der Waals surface area contributed by atoms with Crippen molar-refractivity contribution in [3.63, 3.8) is 0 Å². The van der Waals surface area contributed by atoms with E-state index in [1.807, 2.05) is 60.7 Å². The van der Waals surface area contributed by atoms with E-state index in [4.69, 9.17) is 4.74 Å². The van der Waals surface area contributed by atoms with Crippen LogP contribution in [0, 0.1) is 0 Å². The van der Waals surface area contributed by atoms with Gasteiger partial charge in [0.15, 0.2) is 5.78 Å². The molecule has 0 aliphatic heterocycles. The Balaban J connectivity index is 1.96. The first kappa shape index (κ1) is 24.6. The molecule has 0 saturated heterocycles. The van der Waals surface area contributed by atoms with Crippen LogP contribution in [0.1, 0.15) is 31.9 Å². The molecule has 0 bridgehead atoms. The summed E-state index contributed by atoms with van der Waals surface area (Å²) in [5, 5.41) is 7.72. The quantitative estimate of drug-likeness (QED) is 0.525. The molecule has 0 saturated carbocycles. The normalized spacial score (nSPS) is 13.2. The summed E-state index contributed by atoms with van der Waals surface area (Å²) >= 11 is 0. The lowest BCUT2D eigenvalue weighted by atomic mass is 10.0. The van der Waals surface area contributed by atoms with Crippen LogP contribution in [0.25, 0.3) is 0 Å². The number of hydrogen-bond acceptors (Lipinski definition) is 5. The minimum absolute atomic E-state index is 0.0724. The molecule has 2 aromatic rings. The van der Waals surface area contributed by atoms with Crippen LogP contribution < -0.4 is 16.0 Å². The number of alkyl carbamates (subject to hydrolysis) is 1. The van der Waals surface area contributed by atoms with Crippen molar-refractivity contribution in [1.29, 1.82) is 0 Å². The molecule has 0 aromatic heterocycles. The molecule has 3 N–H and O–H groups in total. The highest BCUT2D eigenvalue weighted by atomic mass is 16.5. The third-order valence-corrected chi connectivity index (χ3v) is 4.82. The van der Waals surface area contributed by atoms with E-state index in [-0.39, 0.29) is 18.8 Å². The van der Waals surface area contributed by atoms with Crippen LogP contribution in [0.4, 0.5) is 4.79 Å². The van der Waals surface area contributed by atoms with E-state index >= 15 is 0 Å². The molecule has 0 aliphatic rings. The number of benzene rings is 2. The van der Waals surface area contributed by atoms with Crippen LogP contribution in [0.5, 0.6) is 0 Å². The zero-order valence-electron chi connectivity index (χ0n) is 18.5. The number of nitrogens with one attached hydrogen (secondary N) is 3. The van der Waals surface area contributed by atoms with Crippen LogP contribution in [-0.4, -0.2) is 41.8 Å². The fourth-order valence-electron chi connectivity index (χ4n) is 2.78. The zero-order valence-corrected chi connectivity index (χ0v) is 18.5. The average Bonchev–Trinajstić information content (AvgIpc) is 2.78. The van der Waals surface area contributed by atoms with Crippen molar-refractivity contribution in [3.8, 4) is 0 Å². The van der Waals surface area contributed by atoms with Crippen LogP contribution >= 0.6 is 0 Å². The fourth-order valence-corrected chi connectivity index (χ4v) is 2.78. The second-order valence-electron chi connectivity index (χ2n) is 7.52. The van der Waals surface area contributed by atoms with Gasteiger partial charge in [0, 0.05) is 6.42 Å². The van der Waals surface area contributed by atoms with Crippen LogP contribution in [-0.2, 0) is 32.1 Å². The molecular formula is C24H29N3O5. The van der Waals surface area contributed by atoms with Gasteiger partial charge in [-0.25, -0.2) is 4.79 Å². The molecule has 3 atom stereocenters. The van der Waals surface area contributed by atoms with E-state index in [9.17, 15) is 19.2 Å². The van der Waals surface area contributed by atoms with E-state index in [2.05, 4.69) is 16.0 Å². The zero-order chi connectivity index (χ0) is 23.5. The molecule has 2 aromatic carbocycles. The highest BCUT2D eigenvalue weighted by molar-refractivity contribution is 5.93. The van der Waals surface area contributed by atoms with Crippen LogP contribution in [0.3, 0.4) is 0 Å². The Hall–Kier alpha value is -3.68. The Morgan fingerprint density at radius 2 is 1.31 bits per heavy atom. The van der Waals surface area contributed by atoms with E-state index in [0.717, 1.165) is 11.1 Å². The first-order chi connectivity index (χ1) is 15.3. The van der Waals surface area contributed by atoms with Gasteiger partial charge in [0.05, 0.1) is 6.04 Å². The number of ether oxygens (including phenoxy) is 1. The molecule has 170 valence electrons. The third-order valence-electron chi connectivity index (χ3n) is 4.82. The molecular weight excluding hydrogens is 410 g/mol. The van der Waals surface area contributed by atoms with Crippen molar-refractivity contribution < 1.29 is 23.9 Å². The molecule has 0 aliphatic carbocycles. The molecule has 8 nitrogen and oxygen atoms in total. The fraction of sp³-hybridized carbons (Fsp3) is 0.333. The van der Waals surface area contributed by atoms with Crippen molar-refractivity contribution in [1.82, 2.24) is 16.0 Å². The lowest BCUT2D eigenvalue weighted by Crippen LogP contribution is -2.55. The van der Waals surface area contributed by atoms with E-state index in [0.29, 0.717) is 0 Å². The highest BCUT2D eigenvalue weighted by Crippen LogP contribution is 2.05. The number of rotatable bonds is 10. The number of amides is 3. The predicted molar refractivity (Wildman–Crippen MR) is 120 cm³/mol. The van der Waals surface area contributed by atoms with Crippen molar-refractivity contribution in [2.75, 3.05) is 0 Å². The molecule has 0 unspecified atom stereocenters. The molecule has 0 fully saturated rings. The first-order valence-electron chi connectivity index (χ1n) is 10.4. The number of Topliss-reactive ketones (excluding diaryl/α,β-unsaturated/α-hetero) is 1. The van der Waals surface area contributed by atoms with Gasteiger partial charge in [0.2, 0.25) is 11.8 Å². The monoisotopic (exact) mass is 439 g/mol. The van der Waals surface area contributed by atoms with Gasteiger partial charge in [-0.1, -0.05) is 60.7 Å². The standard InChI is InChI=1S/C24H29N3O5/c1-16(18(3)28)25-23(30)21(14-19-10-6-4-7-11-19)27-22(29)17(2)26-24(31)32-15-20-12-8-5-9-13-20/h4-13,16-17,21H,14-15H2,1-3H3,(H,25,30)(H,26,31)(H,27,29)/t16-,17-,21-/m0/s1. The molecule has 0 heterocycles. The van der Waals surface area contributed by atoms with Gasteiger partial charge < -0.3 is 20.7 Å². The Bertz CT molecular complexity index is 918. The van der Waals surface area contributed by atoms with E-state index < -0.39 is 36.0 Å². The van der Waals surface area contributed by atoms with Gasteiger partial charge in [0.25, 0.3) is 0 Å². The second-order valence-corrected chi connectivity index (χ2v) is 7.52. The van der Waals surface area contributed by atoms with Crippen molar-refractivity contribution in [3.05, 3.63) is 71.8 Å². The minimum Gasteiger partial charge on any atom is -0.445 e. The summed E-state index contributed by atoms with van der Waals surface area (Å²) in [5.74, 6) is -1.23. The maximum absolute atomic E-state index is 12.7. The number of carbonyl (C=O) groups is 4. The second kappa shape index (κ2) is 12.2. The molecule has 0 radical (unpaired) electrons. The molecule has 3 amide bonds. The third kappa shape index (κ3) is 8.22. The smallest absolute Gasteiger partial charge is 0.408 e. The van der Waals surface area contributed by atoms with Crippen molar-refractivity contribution >= 4 is 23.7 Å². The topological polar surface area (TPSA) is 114 Å². The van der Waals surface area contributed by atoms with Gasteiger partial charge in [-0.15, -0.1) is 0 Å². The first-order valence-corrected chi connectivity index (χ1v) is 10.4. The summed E-state index contributed by atoms with van der Waals surface area (Å²) in [6, 6.07) is 15.8. The molecule has 8 heteroatoms. The Morgan fingerprint density at radius 3 is 1.88 bits per heavy atom. The van der Waals surface area contributed by atoms with Gasteiger partial charge in [-0.3, -0.25) is 14.4 Å². The largest absolute Gasteiger partial charge is 0.445 e. The number of ketones is 1. The number of carbonyl (C=O) groups excluding carboxylic acids is 4. The van der Waals surface area contributed by atoms with E-state index in [1.54, 1.807) is 6.92 Å². The van der Waals surface area contributed by atoms with Crippen LogP contribution in [0.15, 0.2) is 60.7 Å². The van der Waals surface area contributed by atoms with Gasteiger partial charge in [-0.05, 0) is 31.9 Å². The summed E-state index contributed by atoms with van der Waals surface area (Å²) in [6.45, 7) is 4.52. The Kier molecular flexibility index (Phi) is 9.41.